The van der Waals surface area contributed by atoms with Crippen molar-refractivity contribution in [1.82, 2.24) is 9.97 Å². The molecule has 3 N–H and O–H groups in total. The van der Waals surface area contributed by atoms with Crippen molar-refractivity contribution in [1.29, 1.82) is 0 Å². The second-order valence-corrected chi connectivity index (χ2v) is 5.02. The quantitative estimate of drug-likeness (QED) is 0.646. The molecule has 1 heterocycles. The molecule has 0 fully saturated rings. The first-order valence-electron chi connectivity index (χ1n) is 6.52. The van der Waals surface area contributed by atoms with Crippen molar-refractivity contribution in [2.75, 3.05) is 0 Å². The molecular weight excluding hydrogens is 256 g/mol. The monoisotopic (exact) mass is 274 g/mol. The average Bonchev–Trinajstić information content (AvgIpc) is 2.85. The molecule has 0 aliphatic heterocycles. The van der Waals surface area contributed by atoms with E-state index in [0.29, 0.717) is 5.56 Å². The summed E-state index contributed by atoms with van der Waals surface area (Å²) in [4.78, 5) is 18.0. The molecule has 1 unspecified atom stereocenters. The molecule has 6 heteroatoms. The van der Waals surface area contributed by atoms with E-state index in [9.17, 15) is 10.1 Å². The van der Waals surface area contributed by atoms with Crippen molar-refractivity contribution >= 4 is 5.69 Å². The molecule has 0 amide bonds. The molecule has 0 aliphatic rings. The summed E-state index contributed by atoms with van der Waals surface area (Å²) in [7, 11) is 0. The maximum absolute atomic E-state index is 11.0. The largest absolute Gasteiger partial charge is 0.342 e. The minimum absolute atomic E-state index is 0.120. The number of H-pyrrole nitrogens is 1. The fourth-order valence-corrected chi connectivity index (χ4v) is 1.97. The number of nitro benzene ring substituents is 1. The summed E-state index contributed by atoms with van der Waals surface area (Å²) in [5, 5.41) is 11.0. The van der Waals surface area contributed by atoms with Gasteiger partial charge in [0.25, 0.3) is 5.69 Å². The third kappa shape index (κ3) is 3.21. The van der Waals surface area contributed by atoms with Gasteiger partial charge in [-0.2, -0.15) is 0 Å². The van der Waals surface area contributed by atoms with Gasteiger partial charge in [0.1, 0.15) is 5.82 Å². The molecule has 1 aromatic heterocycles. The van der Waals surface area contributed by atoms with Crippen molar-refractivity contribution < 1.29 is 4.92 Å². The van der Waals surface area contributed by atoms with Crippen molar-refractivity contribution in [2.45, 2.75) is 32.7 Å². The third-order valence-electron chi connectivity index (χ3n) is 3.18. The van der Waals surface area contributed by atoms with Crippen LogP contribution in [0.5, 0.6) is 0 Å². The van der Waals surface area contributed by atoms with Gasteiger partial charge in [0.2, 0.25) is 0 Å². The Bertz CT molecular complexity index is 619. The van der Waals surface area contributed by atoms with Crippen LogP contribution in [0.1, 0.15) is 24.7 Å². The predicted molar refractivity (Wildman–Crippen MR) is 77.4 cm³/mol. The van der Waals surface area contributed by atoms with Crippen LogP contribution in [0.4, 0.5) is 5.69 Å². The van der Waals surface area contributed by atoms with Crippen LogP contribution in [0.15, 0.2) is 24.4 Å². The normalized spacial score (nSPS) is 12.3. The van der Waals surface area contributed by atoms with Crippen LogP contribution in [0, 0.1) is 17.0 Å². The first-order valence-corrected chi connectivity index (χ1v) is 6.52. The highest BCUT2D eigenvalue weighted by Gasteiger charge is 2.13. The number of nitro groups is 1. The van der Waals surface area contributed by atoms with Crippen LogP contribution in [-0.4, -0.2) is 20.9 Å². The number of imidazole rings is 1. The van der Waals surface area contributed by atoms with Gasteiger partial charge in [-0.1, -0.05) is 12.1 Å². The molecule has 0 bridgehead atoms. The Hall–Kier alpha value is -2.21. The standard InChI is InChI=1S/C14H18N4O2/c1-9-3-5-11(7-13(9)18(19)20)12-8-16-14(17-12)6-4-10(2)15/h3,5,7-8,10H,4,6,15H2,1-2H3,(H,16,17). The fraction of sp³-hybridized carbons (Fsp3) is 0.357. The molecule has 0 radical (unpaired) electrons. The number of hydrogen-bond donors (Lipinski definition) is 2. The molecule has 6 nitrogen and oxygen atoms in total. The molecular formula is C14H18N4O2. The fourth-order valence-electron chi connectivity index (χ4n) is 1.97. The van der Waals surface area contributed by atoms with Crippen LogP contribution < -0.4 is 5.73 Å². The topological polar surface area (TPSA) is 97.8 Å². The number of rotatable bonds is 5. The summed E-state index contributed by atoms with van der Waals surface area (Å²) in [5.74, 6) is 0.848. The second kappa shape index (κ2) is 5.83. The number of nitrogens with two attached hydrogens (primary N) is 1. The number of benzene rings is 1. The maximum Gasteiger partial charge on any atom is 0.272 e. The molecule has 106 valence electrons. The van der Waals surface area contributed by atoms with E-state index in [-0.39, 0.29) is 16.7 Å². The molecule has 0 saturated carbocycles. The van der Waals surface area contributed by atoms with E-state index in [4.69, 9.17) is 5.73 Å². The Morgan fingerprint density at radius 3 is 2.90 bits per heavy atom. The van der Waals surface area contributed by atoms with Crippen LogP contribution in [0.25, 0.3) is 11.3 Å². The van der Waals surface area contributed by atoms with Gasteiger partial charge >= 0.3 is 0 Å². The summed E-state index contributed by atoms with van der Waals surface area (Å²) in [6, 6.07) is 5.29. The maximum atomic E-state index is 11.0. The minimum Gasteiger partial charge on any atom is -0.342 e. The van der Waals surface area contributed by atoms with Crippen LogP contribution in [-0.2, 0) is 6.42 Å². The Morgan fingerprint density at radius 1 is 1.50 bits per heavy atom. The highest BCUT2D eigenvalue weighted by molar-refractivity contribution is 5.63. The predicted octanol–water partition coefficient (Wildman–Crippen LogP) is 2.57. The molecule has 0 saturated heterocycles. The van der Waals surface area contributed by atoms with Gasteiger partial charge in [-0.05, 0) is 20.3 Å². The first kappa shape index (κ1) is 14.2. The zero-order valence-corrected chi connectivity index (χ0v) is 11.6. The van der Waals surface area contributed by atoms with Gasteiger partial charge < -0.3 is 10.7 Å². The van der Waals surface area contributed by atoms with Crippen LogP contribution in [0.2, 0.25) is 0 Å². The lowest BCUT2D eigenvalue weighted by Gasteiger charge is -2.02. The van der Waals surface area contributed by atoms with Crippen molar-refractivity contribution in [3.63, 3.8) is 0 Å². The smallest absolute Gasteiger partial charge is 0.272 e. The van der Waals surface area contributed by atoms with E-state index in [1.54, 1.807) is 25.3 Å². The van der Waals surface area contributed by atoms with E-state index in [1.165, 1.54) is 0 Å². The van der Waals surface area contributed by atoms with Gasteiger partial charge in [-0.3, -0.25) is 10.1 Å². The van der Waals surface area contributed by atoms with Gasteiger partial charge in [0.05, 0.1) is 16.8 Å². The van der Waals surface area contributed by atoms with Crippen LogP contribution >= 0.6 is 0 Å². The van der Waals surface area contributed by atoms with E-state index in [2.05, 4.69) is 9.97 Å². The van der Waals surface area contributed by atoms with Crippen molar-refractivity contribution in [2.24, 2.45) is 5.73 Å². The minimum atomic E-state index is -0.369. The lowest BCUT2D eigenvalue weighted by Crippen LogP contribution is -2.15. The van der Waals surface area contributed by atoms with E-state index in [1.807, 2.05) is 13.0 Å². The lowest BCUT2D eigenvalue weighted by molar-refractivity contribution is -0.385. The zero-order valence-electron chi connectivity index (χ0n) is 11.6. The van der Waals surface area contributed by atoms with Gasteiger partial charge in [-0.25, -0.2) is 4.98 Å². The van der Waals surface area contributed by atoms with Crippen LogP contribution in [0.3, 0.4) is 0 Å². The molecule has 2 rings (SSSR count). The lowest BCUT2D eigenvalue weighted by atomic mass is 10.1. The highest BCUT2D eigenvalue weighted by atomic mass is 16.6. The van der Waals surface area contributed by atoms with E-state index in [0.717, 1.165) is 29.9 Å². The van der Waals surface area contributed by atoms with Gasteiger partial charge in [0.15, 0.2) is 0 Å². The first-order chi connectivity index (χ1) is 9.47. The van der Waals surface area contributed by atoms with E-state index >= 15 is 0 Å². The molecule has 1 aromatic carbocycles. The summed E-state index contributed by atoms with van der Waals surface area (Å²) >= 11 is 0. The second-order valence-electron chi connectivity index (χ2n) is 5.02. The Balaban J connectivity index is 2.24. The summed E-state index contributed by atoms with van der Waals surface area (Å²) in [6.07, 6.45) is 3.32. The number of hydrogen-bond acceptors (Lipinski definition) is 4. The molecule has 1 atom stereocenters. The highest BCUT2D eigenvalue weighted by Crippen LogP contribution is 2.25. The Morgan fingerprint density at radius 2 is 2.25 bits per heavy atom. The van der Waals surface area contributed by atoms with Crippen molar-refractivity contribution in [3.8, 4) is 11.3 Å². The zero-order chi connectivity index (χ0) is 14.7. The number of aromatic nitrogens is 2. The van der Waals surface area contributed by atoms with Crippen molar-refractivity contribution in [3.05, 3.63) is 45.9 Å². The third-order valence-corrected chi connectivity index (χ3v) is 3.18. The number of aryl methyl sites for hydroxylation is 2. The summed E-state index contributed by atoms with van der Waals surface area (Å²) < 4.78 is 0. The number of aromatic amines is 1. The SMILES string of the molecule is Cc1ccc(-c2cnc(CCC(C)N)[nH]2)cc1[N+](=O)[O-]. The summed E-state index contributed by atoms with van der Waals surface area (Å²) in [5.41, 5.74) is 8.03. The molecule has 0 spiro atoms. The molecule has 0 aliphatic carbocycles. The summed E-state index contributed by atoms with van der Waals surface area (Å²) in [6.45, 7) is 3.68. The van der Waals surface area contributed by atoms with E-state index < -0.39 is 0 Å². The number of nitrogens with zero attached hydrogens (tertiary/aromatic N) is 2. The molecule has 2 aromatic rings. The van der Waals surface area contributed by atoms with Gasteiger partial charge in [0, 0.05) is 29.7 Å². The molecule has 20 heavy (non-hydrogen) atoms. The number of nitrogens with one attached hydrogen (secondary N) is 1. The van der Waals surface area contributed by atoms with Gasteiger partial charge in [-0.15, -0.1) is 0 Å². The average molecular weight is 274 g/mol. The Labute approximate surface area is 117 Å². The Kier molecular flexibility index (Phi) is 4.14.